The van der Waals surface area contributed by atoms with E-state index in [9.17, 15) is 4.79 Å². The molecule has 0 atom stereocenters. The summed E-state index contributed by atoms with van der Waals surface area (Å²) in [4.78, 5) is 11.6. The molecule has 0 rings (SSSR count). The minimum atomic E-state index is -1.51. The van der Waals surface area contributed by atoms with Gasteiger partial charge >= 0.3 is 6.03 Å². The fourth-order valence-electron chi connectivity index (χ4n) is 2.06. The number of urea groups is 1. The van der Waals surface area contributed by atoms with Crippen LogP contribution in [0.3, 0.4) is 0 Å². The highest BCUT2D eigenvalue weighted by Gasteiger charge is 2.21. The highest BCUT2D eigenvalue weighted by atomic mass is 28.4. The van der Waals surface area contributed by atoms with Crippen molar-refractivity contribution in [2.45, 2.75) is 58.0 Å². The van der Waals surface area contributed by atoms with E-state index in [2.05, 4.69) is 36.8 Å². The summed E-state index contributed by atoms with van der Waals surface area (Å²) in [6, 6.07) is 2.08. The van der Waals surface area contributed by atoms with Gasteiger partial charge in [-0.2, -0.15) is 0 Å². The van der Waals surface area contributed by atoms with Crippen LogP contribution in [0.25, 0.3) is 0 Å². The fourth-order valence-corrected chi connectivity index (χ4v) is 5.25. The van der Waals surface area contributed by atoms with Crippen LogP contribution < -0.4 is 10.6 Å². The molecule has 0 aliphatic heterocycles. The third-order valence-electron chi connectivity index (χ3n) is 3.57. The van der Waals surface area contributed by atoms with E-state index in [4.69, 9.17) is 8.85 Å². The topological polar surface area (TPSA) is 59.6 Å². The Labute approximate surface area is 132 Å². The van der Waals surface area contributed by atoms with Gasteiger partial charge in [0.05, 0.1) is 0 Å². The van der Waals surface area contributed by atoms with Gasteiger partial charge in [-0.1, -0.05) is 0 Å². The molecule has 0 spiro atoms. The minimum absolute atomic E-state index is 0.0669. The van der Waals surface area contributed by atoms with E-state index in [0.29, 0.717) is 13.1 Å². The zero-order valence-corrected chi connectivity index (χ0v) is 16.7. The molecule has 0 saturated carbocycles. The molecule has 0 aromatic rings. The molecule has 0 aliphatic carbocycles. The van der Waals surface area contributed by atoms with E-state index < -0.39 is 16.6 Å². The molecule has 0 aromatic carbocycles. The van der Waals surface area contributed by atoms with Crippen LogP contribution in [0.15, 0.2) is 0 Å². The zero-order valence-electron chi connectivity index (χ0n) is 14.7. The standard InChI is InChI=1S/C14H34N2O3Si2/c1-7-19-21(5,6)13-9-11-16-14(17)15-10-8-12-20(3,4)18-2/h7-13H2,1-6H3,(H2,15,16,17). The van der Waals surface area contributed by atoms with Crippen molar-refractivity contribution in [2.24, 2.45) is 0 Å². The van der Waals surface area contributed by atoms with Crippen LogP contribution in [0.4, 0.5) is 4.79 Å². The van der Waals surface area contributed by atoms with Gasteiger partial charge in [-0.3, -0.25) is 0 Å². The first-order chi connectivity index (χ1) is 9.72. The molecule has 0 aromatic heterocycles. The molecule has 21 heavy (non-hydrogen) atoms. The lowest BCUT2D eigenvalue weighted by molar-refractivity contribution is 0.240. The van der Waals surface area contributed by atoms with Crippen LogP contribution in [0.1, 0.15) is 19.8 Å². The van der Waals surface area contributed by atoms with Gasteiger partial charge in [-0.25, -0.2) is 4.79 Å². The molecule has 0 unspecified atom stereocenters. The highest BCUT2D eigenvalue weighted by molar-refractivity contribution is 6.71. The summed E-state index contributed by atoms with van der Waals surface area (Å²) in [6.45, 7) is 13.1. The predicted octanol–water partition coefficient (Wildman–Crippen LogP) is 3.16. The lowest BCUT2D eigenvalue weighted by Crippen LogP contribution is -2.38. The number of rotatable bonds is 11. The maximum atomic E-state index is 11.6. The van der Waals surface area contributed by atoms with Crippen LogP contribution >= 0.6 is 0 Å². The second-order valence-electron chi connectivity index (χ2n) is 6.55. The van der Waals surface area contributed by atoms with E-state index in [1.54, 1.807) is 7.11 Å². The Morgan fingerprint density at radius 1 is 0.952 bits per heavy atom. The maximum absolute atomic E-state index is 11.6. The first-order valence-corrected chi connectivity index (χ1v) is 14.2. The smallest absolute Gasteiger partial charge is 0.314 e. The van der Waals surface area contributed by atoms with Crippen LogP contribution in [0.5, 0.6) is 0 Å². The number of hydrogen-bond acceptors (Lipinski definition) is 3. The molecule has 2 N–H and O–H groups in total. The fraction of sp³-hybridized carbons (Fsp3) is 0.929. The summed E-state index contributed by atoms with van der Waals surface area (Å²) in [5.41, 5.74) is 0. The van der Waals surface area contributed by atoms with E-state index >= 15 is 0 Å². The van der Waals surface area contributed by atoms with Crippen molar-refractivity contribution in [1.29, 1.82) is 0 Å². The molecular formula is C14H34N2O3Si2. The van der Waals surface area contributed by atoms with Gasteiger partial charge < -0.3 is 19.5 Å². The molecule has 126 valence electrons. The number of hydrogen-bond donors (Lipinski definition) is 2. The quantitative estimate of drug-likeness (QED) is 0.451. The summed E-state index contributed by atoms with van der Waals surface area (Å²) >= 11 is 0. The summed E-state index contributed by atoms with van der Waals surface area (Å²) < 4.78 is 11.2. The number of amides is 2. The Bertz CT molecular complexity index is 300. The van der Waals surface area contributed by atoms with Gasteiger partial charge in [0.2, 0.25) is 0 Å². The molecule has 2 amide bonds. The van der Waals surface area contributed by atoms with Crippen LogP contribution in [0.2, 0.25) is 38.3 Å². The monoisotopic (exact) mass is 334 g/mol. The van der Waals surface area contributed by atoms with Crippen LogP contribution in [0, 0.1) is 0 Å². The molecule has 0 radical (unpaired) electrons. The molecular weight excluding hydrogens is 300 g/mol. The highest BCUT2D eigenvalue weighted by Crippen LogP contribution is 2.13. The molecule has 0 saturated heterocycles. The predicted molar refractivity (Wildman–Crippen MR) is 93.8 cm³/mol. The summed E-state index contributed by atoms with van der Waals surface area (Å²) in [6.07, 6.45) is 1.96. The van der Waals surface area contributed by atoms with E-state index in [-0.39, 0.29) is 6.03 Å². The first kappa shape index (κ1) is 20.6. The second kappa shape index (κ2) is 10.4. The van der Waals surface area contributed by atoms with Crippen molar-refractivity contribution in [3.63, 3.8) is 0 Å². The van der Waals surface area contributed by atoms with Crippen LogP contribution in [-0.4, -0.2) is 49.5 Å². The first-order valence-electron chi connectivity index (χ1n) is 7.93. The maximum Gasteiger partial charge on any atom is 0.314 e. The average Bonchev–Trinajstić information content (AvgIpc) is 2.40. The lowest BCUT2D eigenvalue weighted by atomic mass is 10.4. The largest absolute Gasteiger partial charge is 0.420 e. The Hall–Kier alpha value is -0.376. The normalized spacial score (nSPS) is 12.3. The number of carbonyl (C=O) groups excluding carboxylic acids is 1. The Balaban J connectivity index is 3.60. The minimum Gasteiger partial charge on any atom is -0.420 e. The SMILES string of the molecule is CCO[Si](C)(C)CCCNC(=O)NCCC[Si](C)(C)OC. The number of nitrogens with one attached hydrogen (secondary N) is 2. The molecule has 0 heterocycles. The van der Waals surface area contributed by atoms with Gasteiger partial charge in [0.15, 0.2) is 16.6 Å². The van der Waals surface area contributed by atoms with Crippen molar-refractivity contribution >= 4 is 22.7 Å². The van der Waals surface area contributed by atoms with Crippen molar-refractivity contribution in [3.05, 3.63) is 0 Å². The van der Waals surface area contributed by atoms with E-state index in [1.165, 1.54) is 0 Å². The van der Waals surface area contributed by atoms with Crippen molar-refractivity contribution < 1.29 is 13.6 Å². The Morgan fingerprint density at radius 3 is 1.86 bits per heavy atom. The third-order valence-corrected chi connectivity index (χ3v) is 8.86. The second-order valence-corrected chi connectivity index (χ2v) is 15.3. The summed E-state index contributed by atoms with van der Waals surface area (Å²) in [5.74, 6) is 0. The molecule has 5 nitrogen and oxygen atoms in total. The van der Waals surface area contributed by atoms with Crippen molar-refractivity contribution in [3.8, 4) is 0 Å². The van der Waals surface area contributed by atoms with Crippen LogP contribution in [-0.2, 0) is 8.85 Å². The van der Waals surface area contributed by atoms with E-state index in [0.717, 1.165) is 31.5 Å². The Kier molecular flexibility index (Phi) is 10.2. The third kappa shape index (κ3) is 11.9. The van der Waals surface area contributed by atoms with Gasteiger partial charge in [0, 0.05) is 26.8 Å². The van der Waals surface area contributed by atoms with Gasteiger partial charge in [0.25, 0.3) is 0 Å². The number of carbonyl (C=O) groups is 1. The zero-order chi connectivity index (χ0) is 16.4. The van der Waals surface area contributed by atoms with Crippen molar-refractivity contribution in [2.75, 3.05) is 26.8 Å². The Morgan fingerprint density at radius 2 is 1.43 bits per heavy atom. The molecule has 0 fully saturated rings. The summed E-state index contributed by atoms with van der Waals surface area (Å²) in [5, 5.41) is 5.80. The lowest BCUT2D eigenvalue weighted by Gasteiger charge is -2.21. The van der Waals surface area contributed by atoms with Gasteiger partial charge in [-0.15, -0.1) is 0 Å². The van der Waals surface area contributed by atoms with Gasteiger partial charge in [-0.05, 0) is 58.0 Å². The molecule has 0 aliphatic rings. The van der Waals surface area contributed by atoms with Crippen molar-refractivity contribution in [1.82, 2.24) is 10.6 Å². The summed E-state index contributed by atoms with van der Waals surface area (Å²) in [7, 11) is -1.23. The molecule has 0 bridgehead atoms. The van der Waals surface area contributed by atoms with Gasteiger partial charge in [0.1, 0.15) is 0 Å². The average molecular weight is 335 g/mol. The molecule has 7 heteroatoms. The van der Waals surface area contributed by atoms with E-state index in [1.807, 2.05) is 6.92 Å².